The number of carbonyl (C=O) groups is 1. The van der Waals surface area contributed by atoms with E-state index in [4.69, 9.17) is 5.26 Å². The Kier molecular flexibility index (Phi) is 4.43. The summed E-state index contributed by atoms with van der Waals surface area (Å²) < 4.78 is 35.9. The van der Waals surface area contributed by atoms with Crippen LogP contribution in [0.3, 0.4) is 0 Å². The van der Waals surface area contributed by atoms with Crippen LogP contribution < -0.4 is 10.6 Å². The van der Waals surface area contributed by atoms with E-state index in [1.165, 1.54) is 12.1 Å². The van der Waals surface area contributed by atoms with E-state index in [0.717, 1.165) is 6.07 Å². The second-order valence-corrected chi connectivity index (χ2v) is 7.02. The average Bonchev–Trinajstić information content (AvgIpc) is 2.75. The summed E-state index contributed by atoms with van der Waals surface area (Å²) in [6, 6.07) is 5.43. The Balaban J connectivity index is 1.91. The first-order valence-corrected chi connectivity index (χ1v) is 8.16. The van der Waals surface area contributed by atoms with Crippen LogP contribution in [0.15, 0.2) is 18.2 Å². The molecule has 0 radical (unpaired) electrons. The zero-order valence-corrected chi connectivity index (χ0v) is 11.9. The van der Waals surface area contributed by atoms with Gasteiger partial charge in [-0.3, -0.25) is 4.79 Å². The Morgan fingerprint density at radius 2 is 2.24 bits per heavy atom. The van der Waals surface area contributed by atoms with Crippen LogP contribution in [-0.2, 0) is 14.6 Å². The van der Waals surface area contributed by atoms with Crippen LogP contribution in [0.4, 0.5) is 10.1 Å². The predicted molar refractivity (Wildman–Crippen MR) is 74.8 cm³/mol. The monoisotopic (exact) mass is 311 g/mol. The van der Waals surface area contributed by atoms with Gasteiger partial charge in [-0.1, -0.05) is 6.07 Å². The summed E-state index contributed by atoms with van der Waals surface area (Å²) in [5.41, 5.74) is 0.0698. The molecule has 1 fully saturated rings. The largest absolute Gasteiger partial charge is 0.375 e. The summed E-state index contributed by atoms with van der Waals surface area (Å²) in [7, 11) is -3.05. The van der Waals surface area contributed by atoms with E-state index >= 15 is 0 Å². The van der Waals surface area contributed by atoms with Crippen LogP contribution in [0.25, 0.3) is 0 Å². The molecule has 21 heavy (non-hydrogen) atoms. The number of nitrogens with one attached hydrogen (secondary N) is 2. The number of anilines is 1. The zero-order valence-electron chi connectivity index (χ0n) is 11.1. The van der Waals surface area contributed by atoms with Gasteiger partial charge >= 0.3 is 0 Å². The number of halogens is 1. The molecular weight excluding hydrogens is 297 g/mol. The summed E-state index contributed by atoms with van der Waals surface area (Å²) in [5, 5.41) is 14.1. The van der Waals surface area contributed by atoms with Crippen LogP contribution >= 0.6 is 0 Å². The van der Waals surface area contributed by atoms with E-state index < -0.39 is 21.6 Å². The van der Waals surface area contributed by atoms with Gasteiger partial charge in [-0.25, -0.2) is 12.8 Å². The predicted octanol–water partition coefficient (Wildman–Crippen LogP) is 0.413. The normalized spacial score (nSPS) is 19.7. The van der Waals surface area contributed by atoms with Gasteiger partial charge < -0.3 is 10.6 Å². The fourth-order valence-corrected chi connectivity index (χ4v) is 3.82. The highest BCUT2D eigenvalue weighted by Gasteiger charge is 2.28. The van der Waals surface area contributed by atoms with Crippen LogP contribution in [0.1, 0.15) is 12.0 Å². The van der Waals surface area contributed by atoms with Crippen molar-refractivity contribution in [3.63, 3.8) is 0 Å². The van der Waals surface area contributed by atoms with Crippen molar-refractivity contribution in [2.75, 3.05) is 23.4 Å². The molecule has 1 saturated heterocycles. The highest BCUT2D eigenvalue weighted by Crippen LogP contribution is 2.17. The molecule has 0 unspecified atom stereocenters. The minimum absolute atomic E-state index is 0.0534. The van der Waals surface area contributed by atoms with Crippen LogP contribution in [0.2, 0.25) is 0 Å². The number of carbonyl (C=O) groups excluding carboxylic acids is 1. The van der Waals surface area contributed by atoms with Crippen molar-refractivity contribution in [1.29, 1.82) is 5.26 Å². The van der Waals surface area contributed by atoms with Crippen molar-refractivity contribution in [2.24, 2.45) is 0 Å². The molecule has 2 N–H and O–H groups in total. The van der Waals surface area contributed by atoms with Gasteiger partial charge in [0.1, 0.15) is 17.4 Å². The lowest BCUT2D eigenvalue weighted by molar-refractivity contribution is -0.119. The Hall–Kier alpha value is -2.14. The lowest BCUT2D eigenvalue weighted by Crippen LogP contribution is -2.39. The SMILES string of the molecule is N#Cc1c(F)cccc1NCC(=O)N[C@H]1CCS(=O)(=O)C1. The lowest BCUT2D eigenvalue weighted by Gasteiger charge is -2.12. The number of amides is 1. The molecule has 6 nitrogen and oxygen atoms in total. The quantitative estimate of drug-likeness (QED) is 0.839. The van der Waals surface area contributed by atoms with Gasteiger partial charge in [-0.05, 0) is 18.6 Å². The van der Waals surface area contributed by atoms with Gasteiger partial charge in [0.2, 0.25) is 5.91 Å². The molecule has 1 aromatic carbocycles. The maximum absolute atomic E-state index is 13.4. The number of sulfone groups is 1. The maximum atomic E-state index is 13.4. The lowest BCUT2D eigenvalue weighted by atomic mass is 10.2. The van der Waals surface area contributed by atoms with Crippen molar-refractivity contribution in [2.45, 2.75) is 12.5 Å². The average molecular weight is 311 g/mol. The van der Waals surface area contributed by atoms with E-state index in [1.54, 1.807) is 6.07 Å². The number of hydrogen-bond donors (Lipinski definition) is 2. The fourth-order valence-electron chi connectivity index (χ4n) is 2.15. The molecule has 0 aromatic heterocycles. The molecule has 1 atom stereocenters. The summed E-state index contributed by atoms with van der Waals surface area (Å²) >= 11 is 0. The van der Waals surface area contributed by atoms with Crippen molar-refractivity contribution >= 4 is 21.4 Å². The molecular formula is C13H14FN3O3S. The number of nitriles is 1. The number of nitrogens with zero attached hydrogens (tertiary/aromatic N) is 1. The van der Waals surface area contributed by atoms with E-state index in [2.05, 4.69) is 10.6 Å². The second kappa shape index (κ2) is 6.10. The Morgan fingerprint density at radius 1 is 1.48 bits per heavy atom. The third-order valence-electron chi connectivity index (χ3n) is 3.16. The first-order valence-electron chi connectivity index (χ1n) is 6.33. The standard InChI is InChI=1S/C13H14FN3O3S/c14-11-2-1-3-12(10(11)6-15)16-7-13(18)17-9-4-5-21(19,20)8-9/h1-3,9,16H,4-5,7-8H2,(H,17,18)/t9-/m0/s1. The molecule has 0 bridgehead atoms. The molecule has 0 aliphatic carbocycles. The van der Waals surface area contributed by atoms with E-state index in [-0.39, 0.29) is 35.3 Å². The maximum Gasteiger partial charge on any atom is 0.239 e. The molecule has 1 aromatic rings. The minimum Gasteiger partial charge on any atom is -0.375 e. The van der Waals surface area contributed by atoms with Crippen LogP contribution in [0, 0.1) is 17.1 Å². The summed E-state index contributed by atoms with van der Waals surface area (Å²) in [6.07, 6.45) is 0.400. The number of hydrogen-bond acceptors (Lipinski definition) is 5. The number of rotatable bonds is 4. The zero-order chi connectivity index (χ0) is 15.5. The van der Waals surface area contributed by atoms with Crippen molar-refractivity contribution in [3.8, 4) is 6.07 Å². The molecule has 8 heteroatoms. The molecule has 1 aliphatic rings. The van der Waals surface area contributed by atoms with Gasteiger partial charge in [-0.2, -0.15) is 5.26 Å². The van der Waals surface area contributed by atoms with Gasteiger partial charge in [0.05, 0.1) is 23.7 Å². The topological polar surface area (TPSA) is 99.1 Å². The Labute approximate surface area is 121 Å². The van der Waals surface area contributed by atoms with Gasteiger partial charge in [0, 0.05) is 6.04 Å². The highest BCUT2D eigenvalue weighted by molar-refractivity contribution is 7.91. The molecule has 112 valence electrons. The molecule has 2 rings (SSSR count). The summed E-state index contributed by atoms with van der Waals surface area (Å²) in [4.78, 5) is 11.7. The van der Waals surface area contributed by atoms with E-state index in [0.29, 0.717) is 6.42 Å². The molecule has 1 aliphatic heterocycles. The molecule has 1 heterocycles. The first kappa shape index (κ1) is 15.3. The highest BCUT2D eigenvalue weighted by atomic mass is 32.2. The summed E-state index contributed by atoms with van der Waals surface area (Å²) in [6.45, 7) is -0.158. The van der Waals surface area contributed by atoms with Gasteiger partial charge in [-0.15, -0.1) is 0 Å². The van der Waals surface area contributed by atoms with Crippen molar-refractivity contribution < 1.29 is 17.6 Å². The van der Waals surface area contributed by atoms with Crippen molar-refractivity contribution in [1.82, 2.24) is 5.32 Å². The third-order valence-corrected chi connectivity index (χ3v) is 4.93. The Morgan fingerprint density at radius 3 is 2.86 bits per heavy atom. The molecule has 0 spiro atoms. The third kappa shape index (κ3) is 3.92. The fraction of sp³-hybridized carbons (Fsp3) is 0.385. The second-order valence-electron chi connectivity index (χ2n) is 4.80. The first-order chi connectivity index (χ1) is 9.91. The van der Waals surface area contributed by atoms with Crippen molar-refractivity contribution in [3.05, 3.63) is 29.6 Å². The minimum atomic E-state index is -3.05. The van der Waals surface area contributed by atoms with Crippen LogP contribution in [0.5, 0.6) is 0 Å². The summed E-state index contributed by atoms with van der Waals surface area (Å²) in [5.74, 6) is -1.04. The molecule has 1 amide bonds. The van der Waals surface area contributed by atoms with E-state index in [9.17, 15) is 17.6 Å². The van der Waals surface area contributed by atoms with Gasteiger partial charge in [0.25, 0.3) is 0 Å². The smallest absolute Gasteiger partial charge is 0.239 e. The molecule has 0 saturated carbocycles. The van der Waals surface area contributed by atoms with E-state index in [1.807, 2.05) is 0 Å². The van der Waals surface area contributed by atoms with Gasteiger partial charge in [0.15, 0.2) is 9.84 Å². The van der Waals surface area contributed by atoms with Crippen LogP contribution in [-0.4, -0.2) is 38.4 Å². The number of benzene rings is 1. The Bertz CT molecular complexity index is 697.